The maximum atomic E-state index is 10.6. The van der Waals surface area contributed by atoms with Crippen LogP contribution < -0.4 is 16.4 Å². The summed E-state index contributed by atoms with van der Waals surface area (Å²) in [5.74, 6) is 1.83. The highest BCUT2D eigenvalue weighted by Crippen LogP contribution is 2.10. The Morgan fingerprint density at radius 1 is 1.38 bits per heavy atom. The fourth-order valence-electron chi connectivity index (χ4n) is 1.24. The standard InChI is InChI=1S/C10H17N5O/c1-3-12-9-6-10(15-7(2)14-9)13-5-4-8(11)16/h6H,3-5H2,1-2H3,(H2,11,16)(H2,12,13,14,15). The number of aromatic nitrogens is 2. The summed E-state index contributed by atoms with van der Waals surface area (Å²) >= 11 is 0. The Bertz CT molecular complexity index is 366. The number of nitrogens with zero attached hydrogens (tertiary/aromatic N) is 2. The van der Waals surface area contributed by atoms with Gasteiger partial charge in [-0.05, 0) is 13.8 Å². The fourth-order valence-corrected chi connectivity index (χ4v) is 1.24. The molecule has 1 amide bonds. The first kappa shape index (κ1) is 12.2. The normalized spacial score (nSPS) is 9.88. The van der Waals surface area contributed by atoms with Crippen LogP contribution in [0.2, 0.25) is 0 Å². The number of carbonyl (C=O) groups excluding carboxylic acids is 1. The summed E-state index contributed by atoms with van der Waals surface area (Å²) in [6, 6.07) is 1.80. The van der Waals surface area contributed by atoms with E-state index >= 15 is 0 Å². The van der Waals surface area contributed by atoms with E-state index in [9.17, 15) is 4.79 Å². The van der Waals surface area contributed by atoms with Crippen molar-refractivity contribution in [2.24, 2.45) is 5.73 Å². The van der Waals surface area contributed by atoms with Gasteiger partial charge in [-0.1, -0.05) is 0 Å². The highest BCUT2D eigenvalue weighted by Gasteiger charge is 2.01. The molecule has 4 N–H and O–H groups in total. The quantitative estimate of drug-likeness (QED) is 0.653. The van der Waals surface area contributed by atoms with Crippen molar-refractivity contribution >= 4 is 17.5 Å². The number of primary amides is 1. The van der Waals surface area contributed by atoms with Crippen LogP contribution in [0.25, 0.3) is 0 Å². The molecule has 1 rings (SSSR count). The highest BCUT2D eigenvalue weighted by molar-refractivity contribution is 5.74. The molecule has 0 saturated heterocycles. The van der Waals surface area contributed by atoms with E-state index in [2.05, 4.69) is 20.6 Å². The van der Waals surface area contributed by atoms with Crippen molar-refractivity contribution < 1.29 is 4.79 Å². The lowest BCUT2D eigenvalue weighted by atomic mass is 10.4. The van der Waals surface area contributed by atoms with Gasteiger partial charge < -0.3 is 16.4 Å². The fraction of sp³-hybridized carbons (Fsp3) is 0.500. The molecule has 16 heavy (non-hydrogen) atoms. The summed E-state index contributed by atoms with van der Waals surface area (Å²) in [6.45, 7) is 5.10. The Hall–Kier alpha value is -1.85. The molecule has 0 aliphatic rings. The lowest BCUT2D eigenvalue weighted by Gasteiger charge is -2.08. The Morgan fingerprint density at radius 2 is 2.00 bits per heavy atom. The third-order valence-corrected chi connectivity index (χ3v) is 1.87. The first-order valence-corrected chi connectivity index (χ1v) is 5.23. The van der Waals surface area contributed by atoms with Gasteiger partial charge in [0.1, 0.15) is 17.5 Å². The van der Waals surface area contributed by atoms with Gasteiger partial charge in [0.25, 0.3) is 0 Å². The smallest absolute Gasteiger partial charge is 0.219 e. The van der Waals surface area contributed by atoms with Gasteiger partial charge in [0.15, 0.2) is 0 Å². The van der Waals surface area contributed by atoms with E-state index < -0.39 is 0 Å². The van der Waals surface area contributed by atoms with Crippen LogP contribution in [0.4, 0.5) is 11.6 Å². The molecule has 0 aliphatic heterocycles. The molecule has 6 nitrogen and oxygen atoms in total. The average molecular weight is 223 g/mol. The van der Waals surface area contributed by atoms with Gasteiger partial charge >= 0.3 is 0 Å². The summed E-state index contributed by atoms with van der Waals surface area (Å²) in [5, 5.41) is 6.13. The van der Waals surface area contributed by atoms with Crippen molar-refractivity contribution in [3.63, 3.8) is 0 Å². The first-order chi connectivity index (χ1) is 7.61. The molecule has 6 heteroatoms. The topological polar surface area (TPSA) is 92.9 Å². The first-order valence-electron chi connectivity index (χ1n) is 5.23. The number of anilines is 2. The minimum atomic E-state index is -0.329. The summed E-state index contributed by atoms with van der Waals surface area (Å²) in [6.07, 6.45) is 0.291. The average Bonchev–Trinajstić information content (AvgIpc) is 2.16. The zero-order valence-corrected chi connectivity index (χ0v) is 9.58. The predicted molar refractivity (Wildman–Crippen MR) is 63.2 cm³/mol. The van der Waals surface area contributed by atoms with Crippen molar-refractivity contribution in [1.29, 1.82) is 0 Å². The summed E-state index contributed by atoms with van der Waals surface area (Å²) in [7, 11) is 0. The third kappa shape index (κ3) is 4.12. The molecule has 0 radical (unpaired) electrons. The Labute approximate surface area is 94.7 Å². The second-order valence-corrected chi connectivity index (χ2v) is 3.36. The molecule has 0 bridgehead atoms. The van der Waals surface area contributed by atoms with E-state index in [0.717, 1.165) is 12.4 Å². The molecule has 0 unspecified atom stereocenters. The largest absolute Gasteiger partial charge is 0.370 e. The van der Waals surface area contributed by atoms with Crippen LogP contribution in [0.15, 0.2) is 6.07 Å². The van der Waals surface area contributed by atoms with Gasteiger partial charge in [-0.2, -0.15) is 0 Å². The predicted octanol–water partition coefficient (Wildman–Crippen LogP) is 0.504. The number of rotatable bonds is 6. The number of nitrogens with one attached hydrogen (secondary N) is 2. The van der Waals surface area contributed by atoms with Crippen molar-refractivity contribution in [1.82, 2.24) is 9.97 Å². The number of aryl methyl sites for hydroxylation is 1. The molecule has 0 fully saturated rings. The van der Waals surface area contributed by atoms with Crippen LogP contribution in [-0.2, 0) is 4.79 Å². The second kappa shape index (κ2) is 5.89. The molecule has 0 spiro atoms. The minimum Gasteiger partial charge on any atom is -0.370 e. The van der Waals surface area contributed by atoms with Gasteiger partial charge in [-0.15, -0.1) is 0 Å². The molecule has 0 aromatic carbocycles. The number of hydrogen-bond acceptors (Lipinski definition) is 5. The number of carbonyl (C=O) groups is 1. The van der Waals surface area contributed by atoms with Crippen molar-refractivity contribution in [3.05, 3.63) is 11.9 Å². The molecular formula is C10H17N5O. The lowest BCUT2D eigenvalue weighted by molar-refractivity contribution is -0.117. The van der Waals surface area contributed by atoms with Crippen LogP contribution >= 0.6 is 0 Å². The Balaban J connectivity index is 2.61. The molecule has 88 valence electrons. The van der Waals surface area contributed by atoms with Crippen molar-refractivity contribution in [3.8, 4) is 0 Å². The van der Waals surface area contributed by atoms with Gasteiger partial charge in [-0.3, -0.25) is 4.79 Å². The van der Waals surface area contributed by atoms with Crippen LogP contribution in [0.1, 0.15) is 19.2 Å². The minimum absolute atomic E-state index is 0.291. The van der Waals surface area contributed by atoms with Gasteiger partial charge in [0.2, 0.25) is 5.91 Å². The van der Waals surface area contributed by atoms with E-state index in [1.54, 1.807) is 6.07 Å². The summed E-state index contributed by atoms with van der Waals surface area (Å²) in [5.41, 5.74) is 5.04. The van der Waals surface area contributed by atoms with Crippen LogP contribution in [0.5, 0.6) is 0 Å². The second-order valence-electron chi connectivity index (χ2n) is 3.36. The van der Waals surface area contributed by atoms with E-state index in [0.29, 0.717) is 24.6 Å². The van der Waals surface area contributed by atoms with E-state index in [1.807, 2.05) is 13.8 Å². The SMILES string of the molecule is CCNc1cc(NCCC(N)=O)nc(C)n1. The monoisotopic (exact) mass is 223 g/mol. The van der Waals surface area contributed by atoms with E-state index in [1.165, 1.54) is 0 Å². The van der Waals surface area contributed by atoms with Gasteiger partial charge in [0, 0.05) is 25.6 Å². The Kier molecular flexibility index (Phi) is 4.50. The molecule has 1 heterocycles. The maximum Gasteiger partial charge on any atom is 0.219 e. The Morgan fingerprint density at radius 3 is 2.56 bits per heavy atom. The zero-order valence-electron chi connectivity index (χ0n) is 9.58. The number of hydrogen-bond donors (Lipinski definition) is 3. The molecule has 0 atom stereocenters. The van der Waals surface area contributed by atoms with Gasteiger partial charge in [-0.25, -0.2) is 9.97 Å². The number of nitrogens with two attached hydrogens (primary N) is 1. The van der Waals surface area contributed by atoms with Crippen molar-refractivity contribution in [2.75, 3.05) is 23.7 Å². The molecule has 1 aromatic rings. The lowest BCUT2D eigenvalue weighted by Crippen LogP contribution is -2.16. The van der Waals surface area contributed by atoms with Crippen LogP contribution in [0, 0.1) is 6.92 Å². The van der Waals surface area contributed by atoms with E-state index in [-0.39, 0.29) is 5.91 Å². The third-order valence-electron chi connectivity index (χ3n) is 1.87. The summed E-state index contributed by atoms with van der Waals surface area (Å²) in [4.78, 5) is 19.0. The molecule has 0 aliphatic carbocycles. The zero-order chi connectivity index (χ0) is 12.0. The van der Waals surface area contributed by atoms with E-state index in [4.69, 9.17) is 5.73 Å². The molecule has 1 aromatic heterocycles. The molecular weight excluding hydrogens is 206 g/mol. The molecule has 0 saturated carbocycles. The van der Waals surface area contributed by atoms with Crippen LogP contribution in [0.3, 0.4) is 0 Å². The van der Waals surface area contributed by atoms with Crippen molar-refractivity contribution in [2.45, 2.75) is 20.3 Å². The van der Waals surface area contributed by atoms with Gasteiger partial charge in [0.05, 0.1) is 0 Å². The summed E-state index contributed by atoms with van der Waals surface area (Å²) < 4.78 is 0. The maximum absolute atomic E-state index is 10.6. The highest BCUT2D eigenvalue weighted by atomic mass is 16.1. The number of amides is 1. The van der Waals surface area contributed by atoms with Crippen LogP contribution in [-0.4, -0.2) is 29.0 Å².